The Morgan fingerprint density at radius 1 is 1.33 bits per heavy atom. The SMILES string of the molecule is CCNc1nc(C)cc(NCC2CCCCS2)n1. The van der Waals surface area contributed by atoms with E-state index in [0.29, 0.717) is 0 Å². The third-order valence-corrected chi connectivity index (χ3v) is 4.37. The van der Waals surface area contributed by atoms with Gasteiger partial charge in [-0.15, -0.1) is 0 Å². The molecule has 5 heteroatoms. The highest BCUT2D eigenvalue weighted by Crippen LogP contribution is 2.25. The third-order valence-electron chi connectivity index (χ3n) is 2.97. The van der Waals surface area contributed by atoms with Crippen molar-refractivity contribution in [2.45, 2.75) is 38.4 Å². The lowest BCUT2D eigenvalue weighted by Gasteiger charge is -2.21. The number of nitrogens with one attached hydrogen (secondary N) is 2. The molecule has 0 amide bonds. The van der Waals surface area contributed by atoms with Gasteiger partial charge in [-0.25, -0.2) is 4.98 Å². The van der Waals surface area contributed by atoms with Crippen LogP contribution in [0.1, 0.15) is 31.9 Å². The summed E-state index contributed by atoms with van der Waals surface area (Å²) >= 11 is 2.08. The minimum absolute atomic E-state index is 0.719. The monoisotopic (exact) mass is 266 g/mol. The van der Waals surface area contributed by atoms with E-state index in [1.807, 2.05) is 13.0 Å². The zero-order valence-electron chi connectivity index (χ0n) is 11.2. The zero-order chi connectivity index (χ0) is 12.8. The second kappa shape index (κ2) is 6.83. The number of thioether (sulfide) groups is 1. The first-order chi connectivity index (χ1) is 8.78. The molecule has 2 heterocycles. The molecule has 18 heavy (non-hydrogen) atoms. The highest BCUT2D eigenvalue weighted by molar-refractivity contribution is 7.99. The van der Waals surface area contributed by atoms with Gasteiger partial charge in [-0.1, -0.05) is 6.42 Å². The Morgan fingerprint density at radius 2 is 2.22 bits per heavy atom. The Hall–Kier alpha value is -0.970. The predicted molar refractivity (Wildman–Crippen MR) is 79.5 cm³/mol. The first-order valence-corrected chi connectivity index (χ1v) is 7.78. The average Bonchev–Trinajstić information content (AvgIpc) is 2.37. The van der Waals surface area contributed by atoms with Gasteiger partial charge in [0.05, 0.1) is 0 Å². The number of aryl methyl sites for hydroxylation is 1. The van der Waals surface area contributed by atoms with Crippen LogP contribution < -0.4 is 10.6 Å². The minimum atomic E-state index is 0.719. The molecule has 1 aromatic rings. The summed E-state index contributed by atoms with van der Waals surface area (Å²) in [6.07, 6.45) is 4.06. The van der Waals surface area contributed by atoms with Crippen molar-refractivity contribution in [1.29, 1.82) is 0 Å². The molecule has 0 radical (unpaired) electrons. The van der Waals surface area contributed by atoms with Crippen LogP contribution in [0.5, 0.6) is 0 Å². The average molecular weight is 266 g/mol. The van der Waals surface area contributed by atoms with Crippen molar-refractivity contribution in [3.8, 4) is 0 Å². The van der Waals surface area contributed by atoms with Crippen LogP contribution >= 0.6 is 11.8 Å². The highest BCUT2D eigenvalue weighted by Gasteiger charge is 2.13. The number of nitrogens with zero attached hydrogens (tertiary/aromatic N) is 2. The largest absolute Gasteiger partial charge is 0.369 e. The summed E-state index contributed by atoms with van der Waals surface area (Å²) in [6, 6.07) is 2.01. The molecule has 0 bridgehead atoms. The molecule has 1 aliphatic heterocycles. The summed E-state index contributed by atoms with van der Waals surface area (Å²) in [7, 11) is 0. The number of rotatable bonds is 5. The number of hydrogen-bond acceptors (Lipinski definition) is 5. The summed E-state index contributed by atoms with van der Waals surface area (Å²) in [5.74, 6) is 2.96. The van der Waals surface area contributed by atoms with Crippen LogP contribution in [-0.4, -0.2) is 34.1 Å². The van der Waals surface area contributed by atoms with Crippen LogP contribution in [0.25, 0.3) is 0 Å². The first-order valence-electron chi connectivity index (χ1n) is 6.73. The topological polar surface area (TPSA) is 49.8 Å². The fourth-order valence-corrected chi connectivity index (χ4v) is 3.32. The lowest BCUT2D eigenvalue weighted by Crippen LogP contribution is -2.20. The van der Waals surface area contributed by atoms with E-state index >= 15 is 0 Å². The van der Waals surface area contributed by atoms with Crippen molar-refractivity contribution >= 4 is 23.5 Å². The number of aromatic nitrogens is 2. The molecule has 2 rings (SSSR count). The Balaban J connectivity index is 1.91. The summed E-state index contributed by atoms with van der Waals surface area (Å²) in [4.78, 5) is 8.82. The maximum absolute atomic E-state index is 4.47. The van der Waals surface area contributed by atoms with Crippen LogP contribution in [0.15, 0.2) is 6.07 Å². The van der Waals surface area contributed by atoms with E-state index in [9.17, 15) is 0 Å². The lowest BCUT2D eigenvalue weighted by atomic mass is 10.2. The molecule has 0 aromatic carbocycles. The summed E-state index contributed by atoms with van der Waals surface area (Å²) in [6.45, 7) is 5.91. The van der Waals surface area contributed by atoms with Crippen molar-refractivity contribution < 1.29 is 0 Å². The van der Waals surface area contributed by atoms with Gasteiger partial charge in [-0.3, -0.25) is 0 Å². The molecule has 1 atom stereocenters. The van der Waals surface area contributed by atoms with Gasteiger partial charge in [-0.05, 0) is 32.4 Å². The van der Waals surface area contributed by atoms with Gasteiger partial charge >= 0.3 is 0 Å². The molecule has 1 fully saturated rings. The molecule has 1 aliphatic rings. The molecule has 1 aromatic heterocycles. The van der Waals surface area contributed by atoms with E-state index in [1.165, 1.54) is 25.0 Å². The molecule has 1 unspecified atom stereocenters. The Bertz CT molecular complexity index is 377. The van der Waals surface area contributed by atoms with Crippen LogP contribution in [0.2, 0.25) is 0 Å². The van der Waals surface area contributed by atoms with Crippen molar-refractivity contribution in [3.63, 3.8) is 0 Å². The Kier molecular flexibility index (Phi) is 5.11. The minimum Gasteiger partial charge on any atom is -0.369 e. The fraction of sp³-hybridized carbons (Fsp3) is 0.692. The second-order valence-electron chi connectivity index (χ2n) is 4.62. The van der Waals surface area contributed by atoms with E-state index < -0.39 is 0 Å². The molecule has 1 saturated heterocycles. The van der Waals surface area contributed by atoms with E-state index in [2.05, 4.69) is 39.3 Å². The van der Waals surface area contributed by atoms with E-state index in [0.717, 1.165) is 35.8 Å². The van der Waals surface area contributed by atoms with Gasteiger partial charge in [0.2, 0.25) is 5.95 Å². The van der Waals surface area contributed by atoms with Gasteiger partial charge < -0.3 is 10.6 Å². The molecular formula is C13H22N4S. The van der Waals surface area contributed by atoms with Gasteiger partial charge in [-0.2, -0.15) is 16.7 Å². The smallest absolute Gasteiger partial charge is 0.224 e. The molecule has 100 valence electrons. The van der Waals surface area contributed by atoms with Crippen molar-refractivity contribution in [1.82, 2.24) is 9.97 Å². The summed E-state index contributed by atoms with van der Waals surface area (Å²) < 4.78 is 0. The van der Waals surface area contributed by atoms with E-state index in [4.69, 9.17) is 0 Å². The molecule has 0 aliphatic carbocycles. The zero-order valence-corrected chi connectivity index (χ0v) is 12.0. The standard InChI is InChI=1S/C13H22N4S/c1-3-14-13-16-10(2)8-12(17-13)15-9-11-6-4-5-7-18-11/h8,11H,3-7,9H2,1-2H3,(H2,14,15,16,17). The Morgan fingerprint density at radius 3 is 2.94 bits per heavy atom. The van der Waals surface area contributed by atoms with Crippen LogP contribution in [-0.2, 0) is 0 Å². The van der Waals surface area contributed by atoms with Crippen LogP contribution in [0.4, 0.5) is 11.8 Å². The van der Waals surface area contributed by atoms with Gasteiger partial charge in [0.25, 0.3) is 0 Å². The molecule has 0 saturated carbocycles. The molecular weight excluding hydrogens is 244 g/mol. The van der Waals surface area contributed by atoms with Gasteiger partial charge in [0.1, 0.15) is 5.82 Å². The molecule has 0 spiro atoms. The fourth-order valence-electron chi connectivity index (χ4n) is 2.08. The van der Waals surface area contributed by atoms with Gasteiger partial charge in [0, 0.05) is 30.1 Å². The Labute approximate surface area is 113 Å². The second-order valence-corrected chi connectivity index (χ2v) is 6.03. The lowest BCUT2D eigenvalue weighted by molar-refractivity contribution is 0.677. The van der Waals surface area contributed by atoms with Crippen LogP contribution in [0.3, 0.4) is 0 Å². The summed E-state index contributed by atoms with van der Waals surface area (Å²) in [5.41, 5.74) is 1.000. The number of hydrogen-bond donors (Lipinski definition) is 2. The molecule has 2 N–H and O–H groups in total. The van der Waals surface area contributed by atoms with E-state index in [1.54, 1.807) is 0 Å². The summed E-state index contributed by atoms with van der Waals surface area (Å²) in [5, 5.41) is 7.33. The van der Waals surface area contributed by atoms with E-state index in [-0.39, 0.29) is 0 Å². The highest BCUT2D eigenvalue weighted by atomic mass is 32.2. The first kappa shape index (κ1) is 13.5. The van der Waals surface area contributed by atoms with Crippen LogP contribution in [0, 0.1) is 6.92 Å². The molecule has 4 nitrogen and oxygen atoms in total. The third kappa shape index (κ3) is 4.05. The normalized spacial score (nSPS) is 19.6. The maximum atomic E-state index is 4.47. The van der Waals surface area contributed by atoms with Crippen molar-refractivity contribution in [3.05, 3.63) is 11.8 Å². The number of anilines is 2. The van der Waals surface area contributed by atoms with Crippen molar-refractivity contribution in [2.75, 3.05) is 29.5 Å². The van der Waals surface area contributed by atoms with Crippen molar-refractivity contribution in [2.24, 2.45) is 0 Å². The van der Waals surface area contributed by atoms with Gasteiger partial charge in [0.15, 0.2) is 0 Å². The maximum Gasteiger partial charge on any atom is 0.224 e. The predicted octanol–water partition coefficient (Wildman–Crippen LogP) is 2.91. The quantitative estimate of drug-likeness (QED) is 0.858.